The normalized spacial score (nSPS) is 14.2. The second-order valence-corrected chi connectivity index (χ2v) is 6.23. The van der Waals surface area contributed by atoms with Gasteiger partial charge in [0.2, 0.25) is 5.78 Å². The fourth-order valence-electron chi connectivity index (χ4n) is 2.66. The smallest absolute Gasteiger partial charge is 0.231 e. The van der Waals surface area contributed by atoms with E-state index in [0.29, 0.717) is 28.7 Å². The van der Waals surface area contributed by atoms with Crippen LogP contribution in [0.15, 0.2) is 72.8 Å². The molecule has 4 rings (SSSR count). The van der Waals surface area contributed by atoms with E-state index in [1.807, 2.05) is 36.4 Å². The topological polar surface area (TPSA) is 48.4 Å². The van der Waals surface area contributed by atoms with Crippen molar-refractivity contribution in [3.63, 3.8) is 0 Å². The Morgan fingerprint density at radius 3 is 2.73 bits per heavy atom. The number of ketones is 1. The van der Waals surface area contributed by atoms with Crippen molar-refractivity contribution in [3.05, 3.63) is 94.5 Å². The van der Waals surface area contributed by atoms with Crippen molar-refractivity contribution in [3.8, 4) is 11.5 Å². The van der Waals surface area contributed by atoms with E-state index in [1.54, 1.807) is 36.7 Å². The molecule has 0 amide bonds. The van der Waals surface area contributed by atoms with Gasteiger partial charge in [0.15, 0.2) is 5.76 Å². The Balaban J connectivity index is 1.51. The summed E-state index contributed by atoms with van der Waals surface area (Å²) in [5.41, 5.74) is 2.35. The molecule has 0 unspecified atom stereocenters. The molecule has 0 spiro atoms. The predicted molar refractivity (Wildman–Crippen MR) is 99.4 cm³/mol. The highest BCUT2D eigenvalue weighted by Gasteiger charge is 2.27. The number of Topliss-reactive ketones (excluding diaryl/α,β-unsaturated/α-hetero) is 1. The highest BCUT2D eigenvalue weighted by Crippen LogP contribution is 2.35. The zero-order valence-corrected chi connectivity index (χ0v) is 14.4. The Bertz CT molecular complexity index is 999. The molecule has 128 valence electrons. The molecule has 0 atom stereocenters. The standard InChI is InChI=1S/C21H14ClNO3/c22-16-3-1-2-15(10-16)13-25-17-4-5-18-19(12-17)26-20(21(18)24)11-14-6-8-23-9-7-14/h1-12H,13H2/b20-11-. The second-order valence-electron chi connectivity index (χ2n) is 5.80. The van der Waals surface area contributed by atoms with E-state index in [2.05, 4.69) is 4.98 Å². The first kappa shape index (κ1) is 16.4. The minimum atomic E-state index is -0.141. The third-order valence-electron chi connectivity index (χ3n) is 3.94. The SMILES string of the molecule is O=C1/C(=C/c2ccncc2)Oc2cc(OCc3cccc(Cl)c3)ccc21. The maximum atomic E-state index is 12.5. The van der Waals surface area contributed by atoms with Crippen molar-refractivity contribution in [2.75, 3.05) is 0 Å². The Kier molecular flexibility index (Phi) is 4.42. The molecule has 26 heavy (non-hydrogen) atoms. The number of fused-ring (bicyclic) bond motifs is 1. The molecule has 0 radical (unpaired) electrons. The third-order valence-corrected chi connectivity index (χ3v) is 4.17. The number of pyridine rings is 1. The van der Waals surface area contributed by atoms with Crippen LogP contribution in [0.2, 0.25) is 5.02 Å². The number of benzene rings is 2. The van der Waals surface area contributed by atoms with Gasteiger partial charge in [-0.3, -0.25) is 9.78 Å². The molecule has 0 aliphatic carbocycles. The average Bonchev–Trinajstić information content (AvgIpc) is 2.96. The first-order valence-electron chi connectivity index (χ1n) is 8.04. The fraction of sp³-hybridized carbons (Fsp3) is 0.0476. The van der Waals surface area contributed by atoms with Gasteiger partial charge >= 0.3 is 0 Å². The molecular weight excluding hydrogens is 350 g/mol. The molecule has 1 aliphatic rings. The number of rotatable bonds is 4. The Morgan fingerprint density at radius 2 is 1.92 bits per heavy atom. The van der Waals surface area contributed by atoms with Crippen LogP contribution in [0.5, 0.6) is 11.5 Å². The van der Waals surface area contributed by atoms with Gasteiger partial charge in [-0.1, -0.05) is 23.7 Å². The molecule has 0 fully saturated rings. The van der Waals surface area contributed by atoms with Gasteiger partial charge in [0.25, 0.3) is 0 Å². The van der Waals surface area contributed by atoms with Crippen LogP contribution in [0.3, 0.4) is 0 Å². The molecule has 1 aliphatic heterocycles. The van der Waals surface area contributed by atoms with Crippen LogP contribution >= 0.6 is 11.6 Å². The minimum Gasteiger partial charge on any atom is -0.489 e. The van der Waals surface area contributed by atoms with Gasteiger partial charge in [-0.15, -0.1) is 0 Å². The summed E-state index contributed by atoms with van der Waals surface area (Å²) in [6.45, 7) is 0.382. The lowest BCUT2D eigenvalue weighted by Crippen LogP contribution is -1.98. The van der Waals surface area contributed by atoms with E-state index in [9.17, 15) is 4.79 Å². The lowest BCUT2D eigenvalue weighted by Gasteiger charge is -2.07. The number of hydrogen-bond donors (Lipinski definition) is 0. The molecule has 4 nitrogen and oxygen atoms in total. The maximum Gasteiger partial charge on any atom is 0.231 e. The van der Waals surface area contributed by atoms with Gasteiger partial charge in [-0.2, -0.15) is 0 Å². The van der Waals surface area contributed by atoms with Gasteiger partial charge in [0.1, 0.15) is 18.1 Å². The van der Waals surface area contributed by atoms with E-state index in [-0.39, 0.29) is 11.5 Å². The van der Waals surface area contributed by atoms with Crippen molar-refractivity contribution in [2.45, 2.75) is 6.61 Å². The first-order valence-corrected chi connectivity index (χ1v) is 8.42. The fourth-order valence-corrected chi connectivity index (χ4v) is 2.87. The molecule has 0 bridgehead atoms. The van der Waals surface area contributed by atoms with Crippen LogP contribution in [0.4, 0.5) is 0 Å². The molecule has 0 N–H and O–H groups in total. The van der Waals surface area contributed by atoms with E-state index in [1.165, 1.54) is 0 Å². The summed E-state index contributed by atoms with van der Waals surface area (Å²) in [4.78, 5) is 16.4. The van der Waals surface area contributed by atoms with Crippen LogP contribution < -0.4 is 9.47 Å². The summed E-state index contributed by atoms with van der Waals surface area (Å²) in [6, 6.07) is 16.3. The number of allylic oxidation sites excluding steroid dienone is 1. The van der Waals surface area contributed by atoms with Crippen molar-refractivity contribution < 1.29 is 14.3 Å². The summed E-state index contributed by atoms with van der Waals surface area (Å²) in [5.74, 6) is 1.27. The summed E-state index contributed by atoms with van der Waals surface area (Å²) in [7, 11) is 0. The molecule has 3 aromatic rings. The van der Waals surface area contributed by atoms with Crippen LogP contribution in [0, 0.1) is 0 Å². The molecule has 2 heterocycles. The van der Waals surface area contributed by atoms with Gasteiger partial charge < -0.3 is 9.47 Å². The van der Waals surface area contributed by atoms with Crippen molar-refractivity contribution >= 4 is 23.5 Å². The summed E-state index contributed by atoms with van der Waals surface area (Å²) >= 11 is 5.98. The van der Waals surface area contributed by atoms with Gasteiger partial charge in [0, 0.05) is 23.5 Å². The largest absolute Gasteiger partial charge is 0.489 e. The molecule has 5 heteroatoms. The Hall–Kier alpha value is -3.11. The van der Waals surface area contributed by atoms with E-state index < -0.39 is 0 Å². The summed E-state index contributed by atoms with van der Waals surface area (Å²) in [5, 5.41) is 0.667. The van der Waals surface area contributed by atoms with Gasteiger partial charge in [0.05, 0.1) is 5.56 Å². The van der Waals surface area contributed by atoms with E-state index in [4.69, 9.17) is 21.1 Å². The lowest BCUT2D eigenvalue weighted by molar-refractivity contribution is 0.101. The van der Waals surface area contributed by atoms with Crippen LogP contribution in [-0.4, -0.2) is 10.8 Å². The van der Waals surface area contributed by atoms with Crippen molar-refractivity contribution in [2.24, 2.45) is 0 Å². The lowest BCUT2D eigenvalue weighted by atomic mass is 10.1. The number of ether oxygens (including phenoxy) is 2. The number of carbonyl (C=O) groups excluding carboxylic acids is 1. The Morgan fingerprint density at radius 1 is 1.08 bits per heavy atom. The minimum absolute atomic E-state index is 0.141. The molecule has 2 aromatic carbocycles. The number of aromatic nitrogens is 1. The molecular formula is C21H14ClNO3. The zero-order valence-electron chi connectivity index (χ0n) is 13.7. The highest BCUT2D eigenvalue weighted by atomic mass is 35.5. The maximum absolute atomic E-state index is 12.5. The average molecular weight is 364 g/mol. The van der Waals surface area contributed by atoms with Gasteiger partial charge in [-0.05, 0) is 53.6 Å². The van der Waals surface area contributed by atoms with E-state index >= 15 is 0 Å². The Labute approximate surface area is 155 Å². The number of halogens is 1. The second kappa shape index (κ2) is 7.02. The molecule has 0 saturated heterocycles. The summed E-state index contributed by atoms with van der Waals surface area (Å²) < 4.78 is 11.5. The van der Waals surface area contributed by atoms with E-state index in [0.717, 1.165) is 11.1 Å². The van der Waals surface area contributed by atoms with Crippen LogP contribution in [-0.2, 0) is 6.61 Å². The van der Waals surface area contributed by atoms with Gasteiger partial charge in [-0.25, -0.2) is 0 Å². The highest BCUT2D eigenvalue weighted by molar-refractivity contribution is 6.30. The van der Waals surface area contributed by atoms with Crippen molar-refractivity contribution in [1.82, 2.24) is 4.98 Å². The van der Waals surface area contributed by atoms with Crippen LogP contribution in [0.1, 0.15) is 21.5 Å². The quantitative estimate of drug-likeness (QED) is 0.617. The monoisotopic (exact) mass is 363 g/mol. The number of carbonyl (C=O) groups is 1. The van der Waals surface area contributed by atoms with Crippen LogP contribution in [0.25, 0.3) is 6.08 Å². The third kappa shape index (κ3) is 3.46. The molecule has 0 saturated carbocycles. The number of hydrogen-bond acceptors (Lipinski definition) is 4. The predicted octanol–water partition coefficient (Wildman–Crippen LogP) is 4.93. The molecule has 1 aromatic heterocycles. The number of nitrogens with zero attached hydrogens (tertiary/aromatic N) is 1. The zero-order chi connectivity index (χ0) is 17.9. The van der Waals surface area contributed by atoms with Crippen molar-refractivity contribution in [1.29, 1.82) is 0 Å². The first-order chi connectivity index (χ1) is 12.7. The summed E-state index contributed by atoms with van der Waals surface area (Å²) in [6.07, 6.45) is 5.04.